The molecular formula is C20H23N5O2S. The third-order valence-electron chi connectivity index (χ3n) is 4.56. The van der Waals surface area contributed by atoms with Crippen molar-refractivity contribution in [2.45, 2.75) is 32.4 Å². The van der Waals surface area contributed by atoms with Crippen LogP contribution in [0, 0.1) is 6.92 Å². The van der Waals surface area contributed by atoms with E-state index in [1.54, 1.807) is 18.4 Å². The summed E-state index contributed by atoms with van der Waals surface area (Å²) in [5, 5.41) is 16.8. The molecule has 0 bridgehead atoms. The maximum absolute atomic E-state index is 10.2. The molecule has 0 saturated carbocycles. The number of hydrogen-bond acceptors (Lipinski definition) is 6. The highest BCUT2D eigenvalue weighted by molar-refractivity contribution is 7.13. The number of rotatable bonds is 8. The van der Waals surface area contributed by atoms with Gasteiger partial charge in [-0.3, -0.25) is 0 Å². The van der Waals surface area contributed by atoms with Crippen molar-refractivity contribution in [3.63, 3.8) is 0 Å². The quantitative estimate of drug-likeness (QED) is 0.495. The number of aliphatic hydroxyl groups is 1. The molecule has 7 nitrogen and oxygen atoms in total. The van der Waals surface area contributed by atoms with Gasteiger partial charge in [0, 0.05) is 31.8 Å². The molecule has 0 aliphatic rings. The summed E-state index contributed by atoms with van der Waals surface area (Å²) in [5.74, 6) is 1.70. The van der Waals surface area contributed by atoms with Crippen LogP contribution >= 0.6 is 11.3 Å². The maximum Gasteiger partial charge on any atom is 0.155 e. The first kappa shape index (κ1) is 18.8. The summed E-state index contributed by atoms with van der Waals surface area (Å²) >= 11 is 1.66. The van der Waals surface area contributed by atoms with E-state index in [4.69, 9.17) is 9.72 Å². The van der Waals surface area contributed by atoms with Gasteiger partial charge >= 0.3 is 0 Å². The average Bonchev–Trinajstić information content (AvgIpc) is 3.40. The lowest BCUT2D eigenvalue weighted by atomic mass is 10.2. The van der Waals surface area contributed by atoms with Crippen LogP contribution in [0.15, 0.2) is 41.9 Å². The molecule has 0 aromatic carbocycles. The number of thiophene rings is 1. The lowest BCUT2D eigenvalue weighted by Gasteiger charge is -2.12. The van der Waals surface area contributed by atoms with Crippen LogP contribution in [0.3, 0.4) is 0 Å². The standard InChI is InChI=1S/C20H23N5O2S/c1-14-5-3-7-20-22-18(23-25(14)20)8-9-19-21-16(17-6-4-10-28-17)12-24(19)11-15(26)13-27-2/h3-7,10,12,15,26H,8-9,11,13H2,1-2H3. The predicted octanol–water partition coefficient (Wildman–Crippen LogP) is 2.76. The van der Waals surface area contributed by atoms with E-state index in [0.717, 1.165) is 33.6 Å². The van der Waals surface area contributed by atoms with Gasteiger partial charge in [0.05, 0.1) is 29.8 Å². The molecule has 146 valence electrons. The Hall–Kier alpha value is -2.55. The normalized spacial score (nSPS) is 12.7. The molecule has 0 spiro atoms. The highest BCUT2D eigenvalue weighted by atomic mass is 32.1. The highest BCUT2D eigenvalue weighted by Gasteiger charge is 2.15. The molecule has 0 aliphatic carbocycles. The van der Waals surface area contributed by atoms with Gasteiger partial charge in [0.2, 0.25) is 0 Å². The molecule has 1 unspecified atom stereocenters. The smallest absolute Gasteiger partial charge is 0.155 e. The first-order valence-corrected chi connectivity index (χ1v) is 10.1. The van der Waals surface area contributed by atoms with Crippen LogP contribution in [0.25, 0.3) is 16.2 Å². The van der Waals surface area contributed by atoms with Crippen molar-refractivity contribution < 1.29 is 9.84 Å². The molecule has 28 heavy (non-hydrogen) atoms. The number of nitrogens with zero attached hydrogens (tertiary/aromatic N) is 5. The van der Waals surface area contributed by atoms with Crippen LogP contribution in [-0.4, -0.2) is 49.1 Å². The summed E-state index contributed by atoms with van der Waals surface area (Å²) in [4.78, 5) is 10.5. The van der Waals surface area contributed by atoms with Gasteiger partial charge < -0.3 is 14.4 Å². The minimum absolute atomic E-state index is 0.291. The zero-order chi connectivity index (χ0) is 19.5. The van der Waals surface area contributed by atoms with Gasteiger partial charge in [-0.2, -0.15) is 5.10 Å². The summed E-state index contributed by atoms with van der Waals surface area (Å²) in [6, 6.07) is 10.0. The molecule has 4 aromatic heterocycles. The Labute approximate surface area is 167 Å². The molecule has 1 N–H and O–H groups in total. The fourth-order valence-corrected chi connectivity index (χ4v) is 3.92. The second-order valence-electron chi connectivity index (χ2n) is 6.75. The number of fused-ring (bicyclic) bond motifs is 1. The molecule has 8 heteroatoms. The Morgan fingerprint density at radius 3 is 2.82 bits per heavy atom. The fraction of sp³-hybridized carbons (Fsp3) is 0.350. The Morgan fingerprint density at radius 2 is 2.07 bits per heavy atom. The van der Waals surface area contributed by atoms with Crippen LogP contribution in [-0.2, 0) is 24.1 Å². The minimum atomic E-state index is -0.579. The molecule has 4 rings (SSSR count). The van der Waals surface area contributed by atoms with Gasteiger partial charge in [-0.25, -0.2) is 14.5 Å². The lowest BCUT2D eigenvalue weighted by Crippen LogP contribution is -2.22. The topological polar surface area (TPSA) is 77.5 Å². The Balaban J connectivity index is 1.56. The molecule has 0 saturated heterocycles. The third-order valence-corrected chi connectivity index (χ3v) is 5.46. The SMILES string of the molecule is COCC(O)Cn1cc(-c2cccs2)nc1CCc1nc2cccc(C)n2n1. The number of aryl methyl sites for hydroxylation is 3. The summed E-state index contributed by atoms with van der Waals surface area (Å²) in [6.07, 6.45) is 2.80. The summed E-state index contributed by atoms with van der Waals surface area (Å²) in [7, 11) is 1.59. The minimum Gasteiger partial charge on any atom is -0.389 e. The first-order valence-electron chi connectivity index (χ1n) is 9.22. The number of ether oxygens (including phenoxy) is 1. The number of aliphatic hydroxyl groups excluding tert-OH is 1. The van der Waals surface area contributed by atoms with Gasteiger partial charge in [0.1, 0.15) is 5.82 Å². The summed E-state index contributed by atoms with van der Waals surface area (Å²) < 4.78 is 8.94. The lowest BCUT2D eigenvalue weighted by molar-refractivity contribution is 0.0531. The molecule has 1 atom stereocenters. The largest absolute Gasteiger partial charge is 0.389 e. The Morgan fingerprint density at radius 1 is 1.18 bits per heavy atom. The monoisotopic (exact) mass is 397 g/mol. The number of aromatic nitrogens is 5. The molecule has 4 aromatic rings. The van der Waals surface area contributed by atoms with Crippen molar-refractivity contribution in [1.82, 2.24) is 24.1 Å². The van der Waals surface area contributed by atoms with Crippen molar-refractivity contribution in [3.8, 4) is 10.6 Å². The van der Waals surface area contributed by atoms with Gasteiger partial charge in [0.15, 0.2) is 11.5 Å². The number of hydrogen-bond donors (Lipinski definition) is 1. The Kier molecular flexibility index (Phi) is 5.52. The zero-order valence-electron chi connectivity index (χ0n) is 15.9. The molecular weight excluding hydrogens is 374 g/mol. The van der Waals surface area contributed by atoms with E-state index in [-0.39, 0.29) is 0 Å². The summed E-state index contributed by atoms with van der Waals surface area (Å²) in [6.45, 7) is 2.75. The molecule has 4 heterocycles. The number of pyridine rings is 1. The van der Waals surface area contributed by atoms with Crippen LogP contribution in [0.4, 0.5) is 0 Å². The van der Waals surface area contributed by atoms with E-state index < -0.39 is 6.10 Å². The van der Waals surface area contributed by atoms with Crippen molar-refractivity contribution >= 4 is 17.0 Å². The van der Waals surface area contributed by atoms with E-state index in [1.807, 2.05) is 51.8 Å². The number of imidazole rings is 1. The van der Waals surface area contributed by atoms with E-state index in [9.17, 15) is 5.11 Å². The van der Waals surface area contributed by atoms with Crippen LogP contribution in [0.2, 0.25) is 0 Å². The second kappa shape index (κ2) is 8.22. The van der Waals surface area contributed by atoms with Gasteiger partial charge in [-0.1, -0.05) is 12.1 Å². The Bertz CT molecular complexity index is 1050. The highest BCUT2D eigenvalue weighted by Crippen LogP contribution is 2.24. The molecule has 0 fully saturated rings. The van der Waals surface area contributed by atoms with Gasteiger partial charge in [-0.15, -0.1) is 11.3 Å². The van der Waals surface area contributed by atoms with Crippen molar-refractivity contribution in [1.29, 1.82) is 0 Å². The summed E-state index contributed by atoms with van der Waals surface area (Å²) in [5.41, 5.74) is 2.84. The van der Waals surface area contributed by atoms with Crippen LogP contribution in [0.1, 0.15) is 17.3 Å². The molecule has 0 aliphatic heterocycles. The second-order valence-corrected chi connectivity index (χ2v) is 7.69. The third kappa shape index (κ3) is 3.99. The molecule has 0 amide bonds. The van der Waals surface area contributed by atoms with E-state index in [2.05, 4.69) is 16.1 Å². The van der Waals surface area contributed by atoms with E-state index in [0.29, 0.717) is 26.0 Å². The van der Waals surface area contributed by atoms with Crippen molar-refractivity contribution in [2.24, 2.45) is 0 Å². The fourth-order valence-electron chi connectivity index (χ4n) is 3.24. The molecule has 0 radical (unpaired) electrons. The number of methoxy groups -OCH3 is 1. The predicted molar refractivity (Wildman–Crippen MR) is 109 cm³/mol. The van der Waals surface area contributed by atoms with Gasteiger partial charge in [-0.05, 0) is 30.5 Å². The van der Waals surface area contributed by atoms with E-state index in [1.165, 1.54) is 0 Å². The first-order chi connectivity index (χ1) is 13.6. The van der Waals surface area contributed by atoms with Gasteiger partial charge in [0.25, 0.3) is 0 Å². The zero-order valence-corrected chi connectivity index (χ0v) is 16.8. The van der Waals surface area contributed by atoms with Crippen LogP contribution in [0.5, 0.6) is 0 Å². The maximum atomic E-state index is 10.2. The van der Waals surface area contributed by atoms with E-state index >= 15 is 0 Å². The average molecular weight is 398 g/mol. The van der Waals surface area contributed by atoms with Crippen molar-refractivity contribution in [3.05, 3.63) is 59.3 Å². The van der Waals surface area contributed by atoms with Crippen molar-refractivity contribution in [2.75, 3.05) is 13.7 Å². The van der Waals surface area contributed by atoms with Crippen LogP contribution < -0.4 is 0 Å².